The van der Waals surface area contributed by atoms with Crippen molar-refractivity contribution in [2.45, 2.75) is 26.9 Å². The third kappa shape index (κ3) is 4.85. The molecule has 4 rings (SSSR count). The fourth-order valence-electron chi connectivity index (χ4n) is 3.64. The number of fused-ring (bicyclic) bond motifs is 1. The molecule has 0 bridgehead atoms. The first-order chi connectivity index (χ1) is 15.5. The molecule has 6 nitrogen and oxygen atoms in total. The smallest absolute Gasteiger partial charge is 0.145 e. The van der Waals surface area contributed by atoms with Crippen molar-refractivity contribution in [1.29, 1.82) is 5.26 Å². The highest BCUT2D eigenvalue weighted by Crippen LogP contribution is 2.30. The number of hydrogen-bond donors (Lipinski definition) is 1. The lowest BCUT2D eigenvalue weighted by atomic mass is 10.1. The number of nitrogens with zero attached hydrogens (tertiary/aromatic N) is 3. The number of aromatic nitrogens is 2. The van der Waals surface area contributed by atoms with Gasteiger partial charge in [0.1, 0.15) is 23.4 Å². The minimum Gasteiger partial charge on any atom is -0.456 e. The maximum absolute atomic E-state index is 11.2. The second kappa shape index (κ2) is 9.46. The Bertz CT molecular complexity index is 1320. The van der Waals surface area contributed by atoms with Crippen LogP contribution in [0.25, 0.3) is 10.8 Å². The second-order valence-electron chi connectivity index (χ2n) is 7.82. The van der Waals surface area contributed by atoms with E-state index >= 15 is 0 Å². The summed E-state index contributed by atoms with van der Waals surface area (Å²) >= 11 is 0. The van der Waals surface area contributed by atoms with Crippen LogP contribution >= 0.6 is 0 Å². The van der Waals surface area contributed by atoms with Crippen LogP contribution < -0.4 is 10.1 Å². The van der Waals surface area contributed by atoms with Crippen molar-refractivity contribution in [3.63, 3.8) is 0 Å². The Morgan fingerprint density at radius 2 is 2.06 bits per heavy atom. The average Bonchev–Trinajstić information content (AvgIpc) is 3.21. The zero-order chi connectivity index (χ0) is 22.5. The molecule has 1 N–H and O–H groups in total. The number of nitrogens with one attached hydrogen (secondary N) is 1. The predicted octanol–water partition coefficient (Wildman–Crippen LogP) is 4.74. The van der Waals surface area contributed by atoms with E-state index in [1.54, 1.807) is 25.5 Å². The van der Waals surface area contributed by atoms with Crippen LogP contribution in [0.4, 0.5) is 0 Å². The number of ether oxygens (including phenoxy) is 1. The minimum atomic E-state index is 0.0915. The van der Waals surface area contributed by atoms with Crippen LogP contribution in [0, 0.1) is 18.3 Å². The summed E-state index contributed by atoms with van der Waals surface area (Å²) in [5.74, 6) is 1.31. The van der Waals surface area contributed by atoms with E-state index in [0.29, 0.717) is 36.7 Å². The molecule has 6 heteroatoms. The number of hydrogen-bond acceptors (Lipinski definition) is 5. The van der Waals surface area contributed by atoms with Crippen molar-refractivity contribution >= 4 is 16.6 Å². The number of benzene rings is 3. The lowest BCUT2D eigenvalue weighted by Gasteiger charge is -2.13. The first kappa shape index (κ1) is 21.3. The highest BCUT2D eigenvalue weighted by atomic mass is 16.5. The topological polar surface area (TPSA) is 79.9 Å². The van der Waals surface area contributed by atoms with Crippen LogP contribution in [0.2, 0.25) is 0 Å². The van der Waals surface area contributed by atoms with Gasteiger partial charge in [0.25, 0.3) is 0 Å². The molecule has 0 aliphatic heterocycles. The highest BCUT2D eigenvalue weighted by Gasteiger charge is 2.10. The van der Waals surface area contributed by atoms with Crippen LogP contribution in [0.1, 0.15) is 29.3 Å². The molecule has 3 aromatic carbocycles. The van der Waals surface area contributed by atoms with Gasteiger partial charge in [-0.15, -0.1) is 0 Å². The molecule has 0 spiro atoms. The first-order valence-electron chi connectivity index (χ1n) is 10.4. The SMILES string of the molecule is CC(=O)CNCc1cncn1Cc1ccc(C#N)c(Oc2ccc3cccc(C)c3c2)c1. The summed E-state index contributed by atoms with van der Waals surface area (Å²) in [6.45, 7) is 5.08. The van der Waals surface area contributed by atoms with Gasteiger partial charge in [0.05, 0.1) is 24.1 Å². The quantitative estimate of drug-likeness (QED) is 0.442. The van der Waals surface area contributed by atoms with Crippen LogP contribution in [-0.2, 0) is 17.9 Å². The third-order valence-corrected chi connectivity index (χ3v) is 5.30. The lowest BCUT2D eigenvalue weighted by molar-refractivity contribution is -0.116. The van der Waals surface area contributed by atoms with Crippen LogP contribution in [0.5, 0.6) is 11.5 Å². The number of ketones is 1. The molecule has 1 aromatic heterocycles. The number of nitriles is 1. The van der Waals surface area contributed by atoms with Crippen LogP contribution in [-0.4, -0.2) is 21.9 Å². The van der Waals surface area contributed by atoms with Crippen molar-refractivity contribution in [3.8, 4) is 17.6 Å². The van der Waals surface area contributed by atoms with Gasteiger partial charge in [0, 0.05) is 19.3 Å². The van der Waals surface area contributed by atoms with E-state index in [0.717, 1.165) is 22.0 Å². The number of rotatable bonds is 8. The second-order valence-corrected chi connectivity index (χ2v) is 7.82. The molecule has 0 atom stereocenters. The van der Waals surface area contributed by atoms with Crippen LogP contribution in [0.3, 0.4) is 0 Å². The van der Waals surface area contributed by atoms with Gasteiger partial charge >= 0.3 is 0 Å². The normalized spacial score (nSPS) is 10.8. The predicted molar refractivity (Wildman–Crippen MR) is 124 cm³/mol. The van der Waals surface area contributed by atoms with Gasteiger partial charge in [0.2, 0.25) is 0 Å². The van der Waals surface area contributed by atoms with E-state index in [9.17, 15) is 10.1 Å². The zero-order valence-corrected chi connectivity index (χ0v) is 18.1. The van der Waals surface area contributed by atoms with Gasteiger partial charge in [0.15, 0.2) is 0 Å². The molecule has 0 radical (unpaired) electrons. The Morgan fingerprint density at radius 1 is 1.19 bits per heavy atom. The summed E-state index contributed by atoms with van der Waals surface area (Å²) in [6.07, 6.45) is 3.54. The summed E-state index contributed by atoms with van der Waals surface area (Å²) < 4.78 is 8.16. The average molecular weight is 425 g/mol. The van der Waals surface area contributed by atoms with Crippen molar-refractivity contribution in [2.75, 3.05) is 6.54 Å². The summed E-state index contributed by atoms with van der Waals surface area (Å²) in [6, 6.07) is 19.9. The molecular formula is C26H24N4O2. The maximum atomic E-state index is 11.2. The Morgan fingerprint density at radius 3 is 2.88 bits per heavy atom. The fraction of sp³-hybridized carbons (Fsp3) is 0.192. The number of aryl methyl sites for hydroxylation is 1. The number of carbonyl (C=O) groups excluding carboxylic acids is 1. The molecule has 4 aromatic rings. The highest BCUT2D eigenvalue weighted by molar-refractivity contribution is 5.86. The van der Waals surface area contributed by atoms with Gasteiger partial charge in [-0.3, -0.25) is 4.79 Å². The molecule has 32 heavy (non-hydrogen) atoms. The summed E-state index contributed by atoms with van der Waals surface area (Å²) in [5.41, 5.74) is 3.62. The van der Waals surface area contributed by atoms with Gasteiger partial charge in [-0.1, -0.05) is 30.3 Å². The van der Waals surface area contributed by atoms with E-state index in [1.807, 2.05) is 41.0 Å². The van der Waals surface area contributed by atoms with E-state index in [4.69, 9.17) is 4.74 Å². The monoisotopic (exact) mass is 424 g/mol. The van der Waals surface area contributed by atoms with Gasteiger partial charge in [-0.05, 0) is 60.0 Å². The number of Topliss-reactive ketones (excluding diaryl/α,β-unsaturated/α-hetero) is 1. The fourth-order valence-corrected chi connectivity index (χ4v) is 3.64. The van der Waals surface area contributed by atoms with Crippen LogP contribution in [0.15, 0.2) is 67.1 Å². The van der Waals surface area contributed by atoms with Gasteiger partial charge < -0.3 is 14.6 Å². The zero-order valence-electron chi connectivity index (χ0n) is 18.1. The maximum Gasteiger partial charge on any atom is 0.145 e. The van der Waals surface area contributed by atoms with Crippen molar-refractivity contribution in [3.05, 3.63) is 89.5 Å². The van der Waals surface area contributed by atoms with Gasteiger partial charge in [-0.25, -0.2) is 4.98 Å². The first-order valence-corrected chi connectivity index (χ1v) is 10.4. The molecule has 0 aliphatic rings. The van der Waals surface area contributed by atoms with Crippen molar-refractivity contribution in [1.82, 2.24) is 14.9 Å². The third-order valence-electron chi connectivity index (χ3n) is 5.30. The number of carbonyl (C=O) groups is 1. The lowest BCUT2D eigenvalue weighted by Crippen LogP contribution is -2.22. The van der Waals surface area contributed by atoms with Gasteiger partial charge in [-0.2, -0.15) is 5.26 Å². The summed E-state index contributed by atoms with van der Waals surface area (Å²) in [4.78, 5) is 15.4. The molecule has 0 unspecified atom stereocenters. The van der Waals surface area contributed by atoms with E-state index in [1.165, 1.54) is 5.56 Å². The van der Waals surface area contributed by atoms with Crippen molar-refractivity contribution in [2.24, 2.45) is 0 Å². The molecule has 0 fully saturated rings. The van der Waals surface area contributed by atoms with E-state index in [2.05, 4.69) is 35.4 Å². The molecular weight excluding hydrogens is 400 g/mol. The Hall–Kier alpha value is -3.95. The molecule has 0 amide bonds. The largest absolute Gasteiger partial charge is 0.456 e. The minimum absolute atomic E-state index is 0.0915. The van der Waals surface area contributed by atoms with E-state index < -0.39 is 0 Å². The summed E-state index contributed by atoms with van der Waals surface area (Å²) in [5, 5.41) is 15.0. The molecule has 0 aliphatic carbocycles. The molecule has 0 saturated heterocycles. The Labute approximate surface area is 187 Å². The molecule has 160 valence electrons. The summed E-state index contributed by atoms with van der Waals surface area (Å²) in [7, 11) is 0. The molecule has 1 heterocycles. The Balaban J connectivity index is 1.56. The molecule has 0 saturated carbocycles. The van der Waals surface area contributed by atoms with E-state index in [-0.39, 0.29) is 5.78 Å². The standard InChI is InChI=1S/C26H24N4O2/c1-18-4-3-5-21-8-9-24(11-25(18)21)32-26-10-20(6-7-22(26)12-27)16-30-17-29-15-23(30)14-28-13-19(2)31/h3-11,15,17,28H,13-14,16H2,1-2H3. The Kier molecular flexibility index (Phi) is 6.29. The van der Waals surface area contributed by atoms with Crippen molar-refractivity contribution < 1.29 is 9.53 Å². The number of imidazole rings is 1.